The van der Waals surface area contributed by atoms with E-state index in [1.165, 1.54) is 53.2 Å². The fourth-order valence-corrected chi connectivity index (χ4v) is 8.01. The lowest BCUT2D eigenvalue weighted by Crippen LogP contribution is -2.19. The van der Waals surface area contributed by atoms with Crippen LogP contribution in [-0.2, 0) is 5.41 Å². The molecule has 0 saturated heterocycles. The van der Waals surface area contributed by atoms with Crippen molar-refractivity contribution < 1.29 is 0 Å². The minimum absolute atomic E-state index is 0.257. The SMILES string of the molecule is CC1(C)c2ccccc2-c2nc(-c3ccccc3)nc(-n3c4ccccc4c4cc5sc6ccccc6c5cc43)c21. The summed E-state index contributed by atoms with van der Waals surface area (Å²) in [5.74, 6) is 1.71. The van der Waals surface area contributed by atoms with Crippen molar-refractivity contribution in [2.75, 3.05) is 0 Å². The van der Waals surface area contributed by atoms with Crippen LogP contribution in [0.15, 0.2) is 115 Å². The van der Waals surface area contributed by atoms with Crippen LogP contribution in [0.3, 0.4) is 0 Å². The number of rotatable bonds is 2. The van der Waals surface area contributed by atoms with Gasteiger partial charge in [-0.15, -0.1) is 11.3 Å². The van der Waals surface area contributed by atoms with E-state index >= 15 is 0 Å². The summed E-state index contributed by atoms with van der Waals surface area (Å²) in [7, 11) is 0. The molecule has 3 heterocycles. The van der Waals surface area contributed by atoms with Crippen molar-refractivity contribution in [3.63, 3.8) is 0 Å². The van der Waals surface area contributed by atoms with Crippen molar-refractivity contribution in [2.24, 2.45) is 0 Å². The molecule has 0 aliphatic heterocycles. The number of benzene rings is 5. The Balaban J connectivity index is 1.47. The molecule has 0 saturated carbocycles. The Morgan fingerprint density at radius 2 is 1.34 bits per heavy atom. The Labute approximate surface area is 241 Å². The van der Waals surface area contributed by atoms with Crippen molar-refractivity contribution in [1.29, 1.82) is 0 Å². The molecule has 4 heteroatoms. The molecule has 1 aliphatic carbocycles. The molecular weight excluding hydrogens is 518 g/mol. The molecule has 3 aromatic heterocycles. The van der Waals surface area contributed by atoms with Crippen LogP contribution in [0.25, 0.3) is 70.4 Å². The molecule has 0 bridgehead atoms. The predicted octanol–water partition coefficient (Wildman–Crippen LogP) is 9.91. The predicted molar refractivity (Wildman–Crippen MR) is 172 cm³/mol. The Morgan fingerprint density at radius 3 is 2.22 bits per heavy atom. The molecule has 9 rings (SSSR count). The van der Waals surface area contributed by atoms with Crippen molar-refractivity contribution in [3.05, 3.63) is 126 Å². The van der Waals surface area contributed by atoms with Gasteiger partial charge in [-0.2, -0.15) is 0 Å². The van der Waals surface area contributed by atoms with Crippen LogP contribution in [0, 0.1) is 0 Å². The number of fused-ring (bicyclic) bond motifs is 9. The van der Waals surface area contributed by atoms with Crippen molar-refractivity contribution >= 4 is 53.3 Å². The minimum atomic E-state index is -0.257. The Morgan fingerprint density at radius 1 is 0.610 bits per heavy atom. The summed E-state index contributed by atoms with van der Waals surface area (Å²) in [4.78, 5) is 10.7. The average Bonchev–Trinajstić information content (AvgIpc) is 3.62. The molecule has 41 heavy (non-hydrogen) atoms. The molecule has 0 atom stereocenters. The summed E-state index contributed by atoms with van der Waals surface area (Å²) in [6.07, 6.45) is 0. The normalized spacial score (nSPS) is 13.8. The minimum Gasteiger partial charge on any atom is -0.293 e. The second-order valence-corrected chi connectivity index (χ2v) is 12.5. The molecule has 194 valence electrons. The molecule has 0 spiro atoms. The lowest BCUT2D eigenvalue weighted by Gasteiger charge is -2.24. The topological polar surface area (TPSA) is 30.7 Å². The molecule has 3 nitrogen and oxygen atoms in total. The van der Waals surface area contributed by atoms with E-state index in [0.717, 1.165) is 28.4 Å². The second-order valence-electron chi connectivity index (χ2n) is 11.4. The van der Waals surface area contributed by atoms with Crippen molar-refractivity contribution in [1.82, 2.24) is 14.5 Å². The first kappa shape index (κ1) is 23.0. The second kappa shape index (κ2) is 8.12. The molecule has 0 radical (unpaired) electrons. The fraction of sp³-hybridized carbons (Fsp3) is 0.0811. The van der Waals surface area contributed by atoms with E-state index in [9.17, 15) is 0 Å². The largest absolute Gasteiger partial charge is 0.293 e. The van der Waals surface area contributed by atoms with Crippen LogP contribution in [-0.4, -0.2) is 14.5 Å². The number of nitrogens with zero attached hydrogens (tertiary/aromatic N) is 3. The van der Waals surface area contributed by atoms with Gasteiger partial charge in [-0.05, 0) is 29.8 Å². The maximum Gasteiger partial charge on any atom is 0.162 e. The summed E-state index contributed by atoms with van der Waals surface area (Å²) >= 11 is 1.87. The summed E-state index contributed by atoms with van der Waals surface area (Å²) in [5.41, 5.74) is 7.80. The summed E-state index contributed by atoms with van der Waals surface area (Å²) < 4.78 is 5.03. The van der Waals surface area contributed by atoms with E-state index in [-0.39, 0.29) is 5.41 Å². The van der Waals surface area contributed by atoms with Gasteiger partial charge in [-0.3, -0.25) is 4.57 Å². The van der Waals surface area contributed by atoms with Crippen LogP contribution >= 0.6 is 11.3 Å². The number of hydrogen-bond donors (Lipinski definition) is 0. The lowest BCUT2D eigenvalue weighted by molar-refractivity contribution is 0.650. The van der Waals surface area contributed by atoms with E-state index in [2.05, 4.69) is 128 Å². The number of para-hydroxylation sites is 1. The van der Waals surface area contributed by atoms with Gasteiger partial charge in [0.2, 0.25) is 0 Å². The van der Waals surface area contributed by atoms with Crippen LogP contribution in [0.1, 0.15) is 25.0 Å². The van der Waals surface area contributed by atoms with Gasteiger partial charge in [0.25, 0.3) is 0 Å². The number of aromatic nitrogens is 3. The van der Waals surface area contributed by atoms with Crippen LogP contribution in [0.4, 0.5) is 0 Å². The molecule has 1 aliphatic rings. The zero-order valence-electron chi connectivity index (χ0n) is 22.7. The van der Waals surface area contributed by atoms with Crippen LogP contribution in [0.2, 0.25) is 0 Å². The monoisotopic (exact) mass is 543 g/mol. The molecule has 0 unspecified atom stereocenters. The zero-order valence-corrected chi connectivity index (χ0v) is 23.5. The fourth-order valence-electron chi connectivity index (χ4n) is 6.88. The maximum atomic E-state index is 5.42. The van der Waals surface area contributed by atoms with E-state index in [1.807, 2.05) is 17.4 Å². The first-order chi connectivity index (χ1) is 20.1. The van der Waals surface area contributed by atoms with Gasteiger partial charge in [-0.25, -0.2) is 9.97 Å². The molecule has 0 N–H and O–H groups in total. The first-order valence-electron chi connectivity index (χ1n) is 14.0. The lowest BCUT2D eigenvalue weighted by atomic mass is 9.82. The highest BCUT2D eigenvalue weighted by molar-refractivity contribution is 7.25. The summed E-state index contributed by atoms with van der Waals surface area (Å²) in [6, 6.07) is 41.3. The van der Waals surface area contributed by atoms with Gasteiger partial charge in [0, 0.05) is 53.1 Å². The van der Waals surface area contributed by atoms with Gasteiger partial charge >= 0.3 is 0 Å². The number of hydrogen-bond acceptors (Lipinski definition) is 3. The summed E-state index contributed by atoms with van der Waals surface area (Å²) in [6.45, 7) is 4.62. The highest BCUT2D eigenvalue weighted by Crippen LogP contribution is 2.51. The standard InChI is InChI=1S/C37H25N3S/c1-37(2)28-17-9-6-16-25(28)34-33(37)36(39-35(38-34)22-12-4-3-5-13-22)40-29-18-10-7-14-23(29)26-21-32-27(20-30(26)40)24-15-8-11-19-31(24)41-32/h3-21H,1-2H3. The summed E-state index contributed by atoms with van der Waals surface area (Å²) in [5, 5.41) is 5.08. The third-order valence-corrected chi connectivity index (χ3v) is 9.92. The van der Waals surface area contributed by atoms with Gasteiger partial charge in [0.1, 0.15) is 5.82 Å². The third kappa shape index (κ3) is 3.08. The van der Waals surface area contributed by atoms with E-state index in [1.54, 1.807) is 0 Å². The quantitative estimate of drug-likeness (QED) is 0.217. The van der Waals surface area contributed by atoms with E-state index in [4.69, 9.17) is 9.97 Å². The Bertz CT molecular complexity index is 2340. The van der Waals surface area contributed by atoms with Gasteiger partial charge in [0.05, 0.1) is 16.7 Å². The van der Waals surface area contributed by atoms with Crippen LogP contribution < -0.4 is 0 Å². The highest BCUT2D eigenvalue weighted by Gasteiger charge is 2.40. The Hall–Kier alpha value is -4.80. The van der Waals surface area contributed by atoms with Crippen LogP contribution in [0.5, 0.6) is 0 Å². The zero-order chi connectivity index (χ0) is 27.3. The van der Waals surface area contributed by atoms with Gasteiger partial charge < -0.3 is 0 Å². The Kier molecular flexibility index (Phi) is 4.55. The molecule has 8 aromatic rings. The highest BCUT2D eigenvalue weighted by atomic mass is 32.1. The molecule has 5 aromatic carbocycles. The molecule has 0 fully saturated rings. The third-order valence-electron chi connectivity index (χ3n) is 8.79. The molecule has 0 amide bonds. The first-order valence-corrected chi connectivity index (χ1v) is 14.8. The van der Waals surface area contributed by atoms with E-state index in [0.29, 0.717) is 0 Å². The average molecular weight is 544 g/mol. The smallest absolute Gasteiger partial charge is 0.162 e. The van der Waals surface area contributed by atoms with E-state index < -0.39 is 0 Å². The molecular formula is C37H25N3S. The van der Waals surface area contributed by atoms with Gasteiger partial charge in [-0.1, -0.05) is 105 Å². The van der Waals surface area contributed by atoms with Crippen molar-refractivity contribution in [3.8, 4) is 28.5 Å². The van der Waals surface area contributed by atoms with Crippen molar-refractivity contribution in [2.45, 2.75) is 19.3 Å². The maximum absolute atomic E-state index is 5.42. The number of thiophene rings is 1. The van der Waals surface area contributed by atoms with Gasteiger partial charge in [0.15, 0.2) is 5.82 Å².